The number of nitrogens with two attached hydrogens (primary N) is 1. The van der Waals surface area contributed by atoms with E-state index in [-0.39, 0.29) is 5.91 Å². The van der Waals surface area contributed by atoms with Gasteiger partial charge in [0, 0.05) is 15.6 Å². The minimum atomic E-state index is -0.762. The third-order valence-corrected chi connectivity index (χ3v) is 5.12. The van der Waals surface area contributed by atoms with Crippen LogP contribution in [0.15, 0.2) is 66.7 Å². The Morgan fingerprint density at radius 1 is 0.960 bits per heavy atom. The second-order valence-electron chi connectivity index (χ2n) is 5.75. The van der Waals surface area contributed by atoms with E-state index in [0.717, 1.165) is 19.9 Å². The number of hydrogen-bond acceptors (Lipinski definition) is 2. The monoisotopic (exact) mass is 444 g/mol. The largest absolute Gasteiger partial charge is 0.368 e. The summed E-state index contributed by atoms with van der Waals surface area (Å²) in [7, 11) is 0. The van der Waals surface area contributed by atoms with E-state index in [2.05, 4.69) is 27.9 Å². The Kier molecular flexibility index (Phi) is 5.33. The second-order valence-corrected chi connectivity index (χ2v) is 6.91. The molecule has 4 nitrogen and oxygen atoms in total. The van der Waals surface area contributed by atoms with Gasteiger partial charge in [-0.05, 0) is 51.1 Å². The summed E-state index contributed by atoms with van der Waals surface area (Å²) in [6.07, 6.45) is 0.366. The van der Waals surface area contributed by atoms with Crippen LogP contribution in [0, 0.1) is 3.57 Å². The molecule has 1 atom stereocenters. The first kappa shape index (κ1) is 17.4. The average Bonchev–Trinajstić information content (AvgIpc) is 2.62. The standard InChI is InChI=1S/C20H17IN2O2/c21-17-11-4-2-7-14(17)12-18(19(22)24)23-20(25)16-10-5-8-13-6-1-3-9-15(13)16/h1-11,18H,12H2,(H2,22,24)(H,23,25)/t18-/m1/s1. The molecule has 0 spiro atoms. The van der Waals surface area contributed by atoms with Gasteiger partial charge in [0.2, 0.25) is 5.91 Å². The van der Waals surface area contributed by atoms with Gasteiger partial charge in [-0.3, -0.25) is 9.59 Å². The van der Waals surface area contributed by atoms with Crippen molar-refractivity contribution in [2.24, 2.45) is 5.73 Å². The fourth-order valence-electron chi connectivity index (χ4n) is 2.77. The Morgan fingerprint density at radius 2 is 1.64 bits per heavy atom. The number of primary amides is 1. The molecule has 0 unspecified atom stereocenters. The number of carbonyl (C=O) groups is 2. The van der Waals surface area contributed by atoms with Crippen LogP contribution >= 0.6 is 22.6 Å². The lowest BCUT2D eigenvalue weighted by atomic mass is 10.0. The number of carbonyl (C=O) groups excluding carboxylic acids is 2. The maximum absolute atomic E-state index is 12.7. The maximum atomic E-state index is 12.7. The number of fused-ring (bicyclic) bond motifs is 1. The smallest absolute Gasteiger partial charge is 0.252 e. The molecule has 0 radical (unpaired) electrons. The normalized spacial score (nSPS) is 11.9. The van der Waals surface area contributed by atoms with Crippen LogP contribution in [-0.4, -0.2) is 17.9 Å². The number of halogens is 1. The predicted octanol–water partition coefficient (Wildman–Crippen LogP) is 3.27. The molecule has 3 aromatic rings. The molecule has 0 aliphatic rings. The Balaban J connectivity index is 1.86. The van der Waals surface area contributed by atoms with Crippen molar-refractivity contribution in [1.29, 1.82) is 0 Å². The quantitative estimate of drug-likeness (QED) is 0.593. The highest BCUT2D eigenvalue weighted by molar-refractivity contribution is 14.1. The van der Waals surface area contributed by atoms with Crippen LogP contribution in [0.1, 0.15) is 15.9 Å². The molecule has 3 aromatic carbocycles. The number of rotatable bonds is 5. The van der Waals surface area contributed by atoms with Crippen LogP contribution in [0.4, 0.5) is 0 Å². The Hall–Kier alpha value is -2.41. The molecule has 5 heteroatoms. The topological polar surface area (TPSA) is 72.2 Å². The lowest BCUT2D eigenvalue weighted by molar-refractivity contribution is -0.119. The first-order chi connectivity index (χ1) is 12.1. The molecule has 25 heavy (non-hydrogen) atoms. The highest BCUT2D eigenvalue weighted by Crippen LogP contribution is 2.19. The molecule has 3 rings (SSSR count). The highest BCUT2D eigenvalue weighted by Gasteiger charge is 2.21. The third kappa shape index (κ3) is 3.99. The van der Waals surface area contributed by atoms with E-state index < -0.39 is 11.9 Å². The first-order valence-electron chi connectivity index (χ1n) is 7.87. The summed E-state index contributed by atoms with van der Waals surface area (Å²) in [5.41, 5.74) is 7.03. The van der Waals surface area contributed by atoms with Crippen molar-refractivity contribution < 1.29 is 9.59 Å². The minimum Gasteiger partial charge on any atom is -0.368 e. The number of benzene rings is 3. The van der Waals surface area contributed by atoms with Crippen molar-refractivity contribution in [2.45, 2.75) is 12.5 Å². The molecule has 126 valence electrons. The SMILES string of the molecule is NC(=O)[C@@H](Cc1ccccc1I)NC(=O)c1cccc2ccccc12. The molecular formula is C20H17IN2O2. The van der Waals surface area contributed by atoms with Gasteiger partial charge in [0.25, 0.3) is 5.91 Å². The summed E-state index contributed by atoms with van der Waals surface area (Å²) in [5.74, 6) is -0.847. The van der Waals surface area contributed by atoms with E-state index in [0.29, 0.717) is 12.0 Å². The first-order valence-corrected chi connectivity index (χ1v) is 8.95. The van der Waals surface area contributed by atoms with Crippen LogP contribution in [0.3, 0.4) is 0 Å². The van der Waals surface area contributed by atoms with E-state index in [1.54, 1.807) is 6.07 Å². The number of hydrogen-bond donors (Lipinski definition) is 2. The summed E-state index contributed by atoms with van der Waals surface area (Å²) in [6, 6.07) is 20.1. The van der Waals surface area contributed by atoms with Gasteiger partial charge < -0.3 is 11.1 Å². The number of amides is 2. The fourth-order valence-corrected chi connectivity index (χ4v) is 3.37. The average molecular weight is 444 g/mol. The molecule has 0 fully saturated rings. The van der Waals surface area contributed by atoms with E-state index >= 15 is 0 Å². The van der Waals surface area contributed by atoms with Crippen molar-refractivity contribution in [2.75, 3.05) is 0 Å². The van der Waals surface area contributed by atoms with Crippen LogP contribution in [0.2, 0.25) is 0 Å². The van der Waals surface area contributed by atoms with Crippen molar-refractivity contribution in [3.63, 3.8) is 0 Å². The zero-order valence-corrected chi connectivity index (χ0v) is 15.6. The van der Waals surface area contributed by atoms with Crippen LogP contribution in [-0.2, 0) is 11.2 Å². The molecule has 0 saturated heterocycles. The Morgan fingerprint density at radius 3 is 2.40 bits per heavy atom. The molecule has 0 heterocycles. The van der Waals surface area contributed by atoms with Crippen LogP contribution < -0.4 is 11.1 Å². The van der Waals surface area contributed by atoms with Gasteiger partial charge >= 0.3 is 0 Å². The Bertz CT molecular complexity index is 934. The molecule has 2 amide bonds. The summed E-state index contributed by atoms with van der Waals surface area (Å²) in [4.78, 5) is 24.6. The molecule has 3 N–H and O–H groups in total. The van der Waals surface area contributed by atoms with E-state index in [1.807, 2.05) is 60.7 Å². The van der Waals surface area contributed by atoms with Crippen molar-refractivity contribution in [3.8, 4) is 0 Å². The van der Waals surface area contributed by atoms with Crippen LogP contribution in [0.25, 0.3) is 10.8 Å². The lowest BCUT2D eigenvalue weighted by Gasteiger charge is -2.17. The third-order valence-electron chi connectivity index (χ3n) is 4.06. The van der Waals surface area contributed by atoms with Gasteiger partial charge in [0.05, 0.1) is 0 Å². The van der Waals surface area contributed by atoms with Crippen molar-refractivity contribution in [3.05, 3.63) is 81.4 Å². The summed E-state index contributed by atoms with van der Waals surface area (Å²) in [6.45, 7) is 0. The van der Waals surface area contributed by atoms with Gasteiger partial charge in [-0.1, -0.05) is 54.6 Å². The molecule has 0 aromatic heterocycles. The van der Waals surface area contributed by atoms with E-state index in [1.165, 1.54) is 0 Å². The van der Waals surface area contributed by atoms with Crippen molar-refractivity contribution in [1.82, 2.24) is 5.32 Å². The summed E-state index contributed by atoms with van der Waals surface area (Å²) in [5, 5.41) is 4.61. The second kappa shape index (κ2) is 7.65. The molecule has 0 aliphatic heterocycles. The predicted molar refractivity (Wildman–Crippen MR) is 107 cm³/mol. The molecular weight excluding hydrogens is 427 g/mol. The summed E-state index contributed by atoms with van der Waals surface area (Å²) >= 11 is 2.21. The molecule has 0 saturated carbocycles. The zero-order valence-electron chi connectivity index (χ0n) is 13.4. The zero-order chi connectivity index (χ0) is 17.8. The van der Waals surface area contributed by atoms with Gasteiger partial charge in [0.15, 0.2) is 0 Å². The Labute approximate surface area is 159 Å². The van der Waals surface area contributed by atoms with Gasteiger partial charge in [-0.2, -0.15) is 0 Å². The van der Waals surface area contributed by atoms with Crippen molar-refractivity contribution >= 4 is 45.2 Å². The fraction of sp³-hybridized carbons (Fsp3) is 0.100. The molecule has 0 bridgehead atoms. The minimum absolute atomic E-state index is 0.300. The molecule has 0 aliphatic carbocycles. The summed E-state index contributed by atoms with van der Waals surface area (Å²) < 4.78 is 1.03. The number of nitrogens with one attached hydrogen (secondary N) is 1. The van der Waals surface area contributed by atoms with Crippen LogP contribution in [0.5, 0.6) is 0 Å². The van der Waals surface area contributed by atoms with E-state index in [9.17, 15) is 9.59 Å². The van der Waals surface area contributed by atoms with Gasteiger partial charge in [-0.15, -0.1) is 0 Å². The van der Waals surface area contributed by atoms with E-state index in [4.69, 9.17) is 5.73 Å². The van der Waals surface area contributed by atoms with Gasteiger partial charge in [-0.25, -0.2) is 0 Å². The van der Waals surface area contributed by atoms with Gasteiger partial charge in [0.1, 0.15) is 6.04 Å². The lowest BCUT2D eigenvalue weighted by Crippen LogP contribution is -2.46. The highest BCUT2D eigenvalue weighted by atomic mass is 127. The maximum Gasteiger partial charge on any atom is 0.252 e.